The standard InChI is InChI=1S/C26H37NO4/c1-26(2)17-20(13-15-31-26)21(22-8-6-7-9-23(22)28-3)12-14-27-18-19-10-11-24(29-4)25(16-19)30-5/h6-11,16,20-21,27H,12-15,17-18H2,1-5H3/p+1/t20-,21-/m0/s1. The number of methoxy groups -OCH3 is 3. The van der Waals surface area contributed by atoms with Crippen molar-refractivity contribution in [1.82, 2.24) is 0 Å². The summed E-state index contributed by atoms with van der Waals surface area (Å²) < 4.78 is 22.5. The summed E-state index contributed by atoms with van der Waals surface area (Å²) in [6, 6.07) is 14.6. The molecule has 3 rings (SSSR count). The normalized spacial score (nSPS) is 18.9. The highest BCUT2D eigenvalue weighted by Gasteiger charge is 2.35. The van der Waals surface area contributed by atoms with Crippen LogP contribution >= 0.6 is 0 Å². The minimum atomic E-state index is -0.0630. The van der Waals surface area contributed by atoms with Crippen molar-refractivity contribution in [2.45, 2.75) is 51.2 Å². The fraction of sp³-hybridized carbons (Fsp3) is 0.538. The largest absolute Gasteiger partial charge is 0.496 e. The molecule has 1 aliphatic rings. The molecule has 2 aromatic carbocycles. The van der Waals surface area contributed by atoms with Gasteiger partial charge >= 0.3 is 0 Å². The number of rotatable bonds is 10. The number of hydrogen-bond donors (Lipinski definition) is 1. The van der Waals surface area contributed by atoms with Gasteiger partial charge < -0.3 is 24.3 Å². The van der Waals surface area contributed by atoms with Crippen molar-refractivity contribution < 1.29 is 24.3 Å². The Morgan fingerprint density at radius 2 is 1.74 bits per heavy atom. The molecule has 5 heteroatoms. The molecule has 2 N–H and O–H groups in total. The van der Waals surface area contributed by atoms with Crippen molar-refractivity contribution in [3.05, 3.63) is 53.6 Å². The van der Waals surface area contributed by atoms with Gasteiger partial charge in [0, 0.05) is 18.6 Å². The van der Waals surface area contributed by atoms with Gasteiger partial charge in [-0.3, -0.25) is 0 Å². The number of nitrogens with two attached hydrogens (primary N) is 1. The average molecular weight is 429 g/mol. The summed E-state index contributed by atoms with van der Waals surface area (Å²) >= 11 is 0. The van der Waals surface area contributed by atoms with E-state index in [2.05, 4.69) is 55.6 Å². The first-order valence-electron chi connectivity index (χ1n) is 11.3. The minimum Gasteiger partial charge on any atom is -0.496 e. The smallest absolute Gasteiger partial charge is 0.161 e. The number of hydrogen-bond acceptors (Lipinski definition) is 4. The molecule has 1 aliphatic heterocycles. The van der Waals surface area contributed by atoms with Gasteiger partial charge in [0.25, 0.3) is 0 Å². The highest BCUT2D eigenvalue weighted by molar-refractivity contribution is 5.42. The zero-order chi connectivity index (χ0) is 22.3. The Balaban J connectivity index is 1.68. The molecule has 0 spiro atoms. The van der Waals surface area contributed by atoms with Crippen LogP contribution in [0.3, 0.4) is 0 Å². The number of ether oxygens (including phenoxy) is 4. The summed E-state index contributed by atoms with van der Waals surface area (Å²) in [6.07, 6.45) is 3.28. The van der Waals surface area contributed by atoms with E-state index in [0.29, 0.717) is 11.8 Å². The first-order valence-corrected chi connectivity index (χ1v) is 11.3. The second-order valence-electron chi connectivity index (χ2n) is 8.97. The van der Waals surface area contributed by atoms with Gasteiger partial charge in [0.2, 0.25) is 0 Å². The molecule has 0 aliphatic carbocycles. The van der Waals surface area contributed by atoms with Crippen LogP contribution in [-0.4, -0.2) is 40.1 Å². The molecule has 0 unspecified atom stereocenters. The lowest BCUT2D eigenvalue weighted by molar-refractivity contribution is -0.671. The van der Waals surface area contributed by atoms with Crippen LogP contribution in [-0.2, 0) is 11.3 Å². The lowest BCUT2D eigenvalue weighted by atomic mass is 9.75. The molecular formula is C26H38NO4+. The van der Waals surface area contributed by atoms with Gasteiger partial charge in [-0.05, 0) is 68.4 Å². The molecular weight excluding hydrogens is 390 g/mol. The lowest BCUT2D eigenvalue weighted by Gasteiger charge is -2.39. The van der Waals surface area contributed by atoms with E-state index in [0.717, 1.165) is 56.2 Å². The molecule has 2 aromatic rings. The molecule has 1 saturated heterocycles. The van der Waals surface area contributed by atoms with E-state index in [1.165, 1.54) is 11.1 Å². The molecule has 5 nitrogen and oxygen atoms in total. The maximum Gasteiger partial charge on any atom is 0.161 e. The zero-order valence-electron chi connectivity index (χ0n) is 19.6. The molecule has 1 fully saturated rings. The second kappa shape index (κ2) is 10.9. The Hall–Kier alpha value is -2.24. The van der Waals surface area contributed by atoms with Crippen LogP contribution in [0.2, 0.25) is 0 Å². The van der Waals surface area contributed by atoms with Gasteiger partial charge in [-0.2, -0.15) is 0 Å². The van der Waals surface area contributed by atoms with E-state index >= 15 is 0 Å². The quantitative estimate of drug-likeness (QED) is 0.578. The molecule has 0 amide bonds. The SMILES string of the molecule is COc1ccc(C[NH2+]CC[C@H](c2ccccc2OC)[C@H]2CCOC(C)(C)C2)cc1OC. The predicted octanol–water partition coefficient (Wildman–Crippen LogP) is 4.15. The monoisotopic (exact) mass is 428 g/mol. The van der Waals surface area contributed by atoms with E-state index in [9.17, 15) is 0 Å². The fourth-order valence-electron chi connectivity index (χ4n) is 4.81. The van der Waals surface area contributed by atoms with E-state index < -0.39 is 0 Å². The lowest BCUT2D eigenvalue weighted by Crippen LogP contribution is -2.82. The molecule has 0 aromatic heterocycles. The summed E-state index contributed by atoms with van der Waals surface area (Å²) in [5.74, 6) is 3.60. The minimum absolute atomic E-state index is 0.0630. The van der Waals surface area contributed by atoms with Crippen molar-refractivity contribution in [1.29, 1.82) is 0 Å². The third-order valence-electron chi connectivity index (χ3n) is 6.35. The molecule has 2 atom stereocenters. The van der Waals surface area contributed by atoms with E-state index in [4.69, 9.17) is 18.9 Å². The number of para-hydroxylation sites is 1. The predicted molar refractivity (Wildman–Crippen MR) is 123 cm³/mol. The Morgan fingerprint density at radius 3 is 2.45 bits per heavy atom. The Morgan fingerprint density at radius 1 is 1.00 bits per heavy atom. The molecule has 0 radical (unpaired) electrons. The van der Waals surface area contributed by atoms with Crippen molar-refractivity contribution in [3.8, 4) is 17.2 Å². The van der Waals surface area contributed by atoms with E-state index in [1.807, 2.05) is 6.07 Å². The van der Waals surface area contributed by atoms with Gasteiger partial charge in [-0.15, -0.1) is 0 Å². The Kier molecular flexibility index (Phi) is 8.22. The topological polar surface area (TPSA) is 53.5 Å². The van der Waals surface area contributed by atoms with Gasteiger partial charge in [0.1, 0.15) is 12.3 Å². The van der Waals surface area contributed by atoms with Crippen molar-refractivity contribution in [2.75, 3.05) is 34.5 Å². The highest BCUT2D eigenvalue weighted by Crippen LogP contribution is 2.42. The van der Waals surface area contributed by atoms with E-state index in [-0.39, 0.29) is 5.60 Å². The van der Waals surface area contributed by atoms with Crippen LogP contribution in [0.25, 0.3) is 0 Å². The summed E-state index contributed by atoms with van der Waals surface area (Å²) in [4.78, 5) is 0. The van der Waals surface area contributed by atoms with Crippen LogP contribution in [0.4, 0.5) is 0 Å². The maximum atomic E-state index is 6.00. The first kappa shape index (κ1) is 23.4. The van der Waals surface area contributed by atoms with Crippen molar-refractivity contribution >= 4 is 0 Å². The van der Waals surface area contributed by atoms with Crippen molar-refractivity contribution in [2.24, 2.45) is 5.92 Å². The summed E-state index contributed by atoms with van der Waals surface area (Å²) in [5.41, 5.74) is 2.50. The summed E-state index contributed by atoms with van der Waals surface area (Å²) in [6.45, 7) is 7.22. The van der Waals surface area contributed by atoms with Crippen LogP contribution in [0.15, 0.2) is 42.5 Å². The second-order valence-corrected chi connectivity index (χ2v) is 8.97. The molecule has 0 bridgehead atoms. The summed E-state index contributed by atoms with van der Waals surface area (Å²) in [7, 11) is 5.12. The maximum absolute atomic E-state index is 6.00. The number of quaternary nitrogens is 1. The van der Waals surface area contributed by atoms with Gasteiger partial charge in [0.15, 0.2) is 11.5 Å². The average Bonchev–Trinajstić information content (AvgIpc) is 2.78. The van der Waals surface area contributed by atoms with Gasteiger partial charge in [0.05, 0.1) is 33.5 Å². The number of benzene rings is 2. The highest BCUT2D eigenvalue weighted by atomic mass is 16.5. The van der Waals surface area contributed by atoms with E-state index in [1.54, 1.807) is 21.3 Å². The van der Waals surface area contributed by atoms with Gasteiger partial charge in [-0.1, -0.05) is 18.2 Å². The molecule has 31 heavy (non-hydrogen) atoms. The Bertz CT molecular complexity index is 836. The molecule has 170 valence electrons. The van der Waals surface area contributed by atoms with Crippen LogP contribution in [0.1, 0.15) is 50.2 Å². The molecule has 1 heterocycles. The first-order chi connectivity index (χ1) is 15.0. The van der Waals surface area contributed by atoms with Crippen LogP contribution in [0.5, 0.6) is 17.2 Å². The third-order valence-corrected chi connectivity index (χ3v) is 6.35. The van der Waals surface area contributed by atoms with Crippen LogP contribution in [0, 0.1) is 5.92 Å². The Labute approximate surface area is 187 Å². The van der Waals surface area contributed by atoms with Crippen LogP contribution < -0.4 is 19.5 Å². The molecule has 0 saturated carbocycles. The zero-order valence-corrected chi connectivity index (χ0v) is 19.6. The van der Waals surface area contributed by atoms with Gasteiger partial charge in [-0.25, -0.2) is 0 Å². The third kappa shape index (κ3) is 6.14. The fourth-order valence-corrected chi connectivity index (χ4v) is 4.81. The summed E-state index contributed by atoms with van der Waals surface area (Å²) in [5, 5.41) is 2.38. The van der Waals surface area contributed by atoms with Crippen molar-refractivity contribution in [3.63, 3.8) is 0 Å².